The second kappa shape index (κ2) is 10.7. The molecule has 0 unspecified atom stereocenters. The van der Waals surface area contributed by atoms with E-state index in [-0.39, 0.29) is 11.6 Å². The summed E-state index contributed by atoms with van der Waals surface area (Å²) in [6, 6.07) is 13.9. The molecule has 0 radical (unpaired) electrons. The lowest BCUT2D eigenvalue weighted by atomic mass is 10.1. The molecule has 2 amide bonds. The van der Waals surface area contributed by atoms with Gasteiger partial charge < -0.3 is 25.2 Å². The predicted octanol–water partition coefficient (Wildman–Crippen LogP) is 3.94. The quantitative estimate of drug-likeness (QED) is 0.519. The number of carbonyl (C=O) groups is 2. The van der Waals surface area contributed by atoms with Gasteiger partial charge >= 0.3 is 0 Å². The van der Waals surface area contributed by atoms with E-state index in [2.05, 4.69) is 25.7 Å². The highest BCUT2D eigenvalue weighted by atomic mass is 35.5. The highest BCUT2D eigenvalue weighted by Crippen LogP contribution is 2.31. The van der Waals surface area contributed by atoms with E-state index in [0.29, 0.717) is 73.1 Å². The molecule has 2 N–H and O–H groups in total. The SMILES string of the molecule is O=C(Nc1ccc(C(=O)N2CCOCC2)cc1)c1cc2c(nn1)NCCN2Cc1cc(Cl)ccc1Cl. The third kappa shape index (κ3) is 5.38. The average Bonchev–Trinajstić information content (AvgIpc) is 2.91. The van der Waals surface area contributed by atoms with E-state index >= 15 is 0 Å². The average molecular weight is 527 g/mol. The molecule has 36 heavy (non-hydrogen) atoms. The second-order valence-electron chi connectivity index (χ2n) is 8.48. The first kappa shape index (κ1) is 24.3. The first-order chi connectivity index (χ1) is 17.5. The van der Waals surface area contributed by atoms with Gasteiger partial charge in [0.05, 0.1) is 18.9 Å². The van der Waals surface area contributed by atoms with E-state index in [1.165, 1.54) is 0 Å². The van der Waals surface area contributed by atoms with Gasteiger partial charge in [0.15, 0.2) is 11.5 Å². The molecule has 2 aliphatic heterocycles. The van der Waals surface area contributed by atoms with Crippen molar-refractivity contribution in [1.82, 2.24) is 15.1 Å². The van der Waals surface area contributed by atoms with Crippen LogP contribution in [-0.4, -0.2) is 66.3 Å². The number of aromatic nitrogens is 2. The maximum Gasteiger partial charge on any atom is 0.276 e. The maximum atomic E-state index is 12.9. The fourth-order valence-electron chi connectivity index (χ4n) is 4.16. The van der Waals surface area contributed by atoms with Crippen LogP contribution in [0.3, 0.4) is 0 Å². The van der Waals surface area contributed by atoms with E-state index in [9.17, 15) is 9.59 Å². The third-order valence-electron chi connectivity index (χ3n) is 6.08. The van der Waals surface area contributed by atoms with Gasteiger partial charge in [-0.1, -0.05) is 23.2 Å². The molecule has 11 heteroatoms. The Bertz CT molecular complexity index is 1280. The highest BCUT2D eigenvalue weighted by Gasteiger charge is 2.23. The van der Waals surface area contributed by atoms with Gasteiger partial charge in [0, 0.05) is 54.0 Å². The van der Waals surface area contributed by atoms with Crippen molar-refractivity contribution < 1.29 is 14.3 Å². The number of ether oxygens (including phenoxy) is 1. The molecule has 3 heterocycles. The van der Waals surface area contributed by atoms with Crippen LogP contribution in [0.1, 0.15) is 26.4 Å². The molecule has 1 saturated heterocycles. The predicted molar refractivity (Wildman–Crippen MR) is 139 cm³/mol. The normalized spacial score (nSPS) is 15.2. The molecule has 2 aliphatic rings. The molecule has 9 nitrogen and oxygen atoms in total. The summed E-state index contributed by atoms with van der Waals surface area (Å²) in [7, 11) is 0. The van der Waals surface area contributed by atoms with Crippen molar-refractivity contribution in [2.75, 3.05) is 54.9 Å². The molecular formula is C25H24Cl2N6O3. The molecule has 1 fully saturated rings. The first-order valence-electron chi connectivity index (χ1n) is 11.6. The zero-order valence-corrected chi connectivity index (χ0v) is 20.8. The minimum absolute atomic E-state index is 0.0517. The van der Waals surface area contributed by atoms with Gasteiger partial charge in [-0.2, -0.15) is 0 Å². The summed E-state index contributed by atoms with van der Waals surface area (Å²) in [5.41, 5.74) is 2.92. The monoisotopic (exact) mass is 526 g/mol. The summed E-state index contributed by atoms with van der Waals surface area (Å²) in [5.74, 6) is 0.148. The first-order valence-corrected chi connectivity index (χ1v) is 12.3. The molecular weight excluding hydrogens is 503 g/mol. The van der Waals surface area contributed by atoms with Crippen LogP contribution in [0, 0.1) is 0 Å². The van der Waals surface area contributed by atoms with E-state index in [4.69, 9.17) is 27.9 Å². The Hall–Kier alpha value is -3.40. The van der Waals surface area contributed by atoms with E-state index in [0.717, 1.165) is 11.3 Å². The van der Waals surface area contributed by atoms with E-state index in [1.54, 1.807) is 47.4 Å². The Morgan fingerprint density at radius 3 is 2.56 bits per heavy atom. The van der Waals surface area contributed by atoms with Gasteiger partial charge in [-0.3, -0.25) is 9.59 Å². The minimum Gasteiger partial charge on any atom is -0.378 e. The molecule has 0 aliphatic carbocycles. The van der Waals surface area contributed by atoms with Crippen molar-refractivity contribution in [2.45, 2.75) is 6.54 Å². The summed E-state index contributed by atoms with van der Waals surface area (Å²) in [6.45, 7) is 4.12. The van der Waals surface area contributed by atoms with Gasteiger partial charge in [0.25, 0.3) is 11.8 Å². The number of rotatable bonds is 5. The van der Waals surface area contributed by atoms with Crippen molar-refractivity contribution in [3.05, 3.63) is 75.4 Å². The Labute approximate surface area is 218 Å². The molecule has 0 bridgehead atoms. The number of fused-ring (bicyclic) bond motifs is 1. The molecule has 186 valence electrons. The van der Waals surface area contributed by atoms with Crippen LogP contribution in [-0.2, 0) is 11.3 Å². The molecule has 2 aromatic carbocycles. The zero-order valence-electron chi connectivity index (χ0n) is 19.3. The van der Waals surface area contributed by atoms with Crippen LogP contribution in [0.4, 0.5) is 17.2 Å². The topological polar surface area (TPSA) is 99.7 Å². The molecule has 0 atom stereocenters. The largest absolute Gasteiger partial charge is 0.378 e. The van der Waals surface area contributed by atoms with Gasteiger partial charge in [-0.25, -0.2) is 0 Å². The number of halogens is 2. The fraction of sp³-hybridized carbons (Fsp3) is 0.280. The van der Waals surface area contributed by atoms with Crippen LogP contribution in [0.2, 0.25) is 10.0 Å². The third-order valence-corrected chi connectivity index (χ3v) is 6.68. The number of benzene rings is 2. The van der Waals surface area contributed by atoms with Crippen LogP contribution >= 0.6 is 23.2 Å². The smallest absolute Gasteiger partial charge is 0.276 e. The highest BCUT2D eigenvalue weighted by molar-refractivity contribution is 6.33. The van der Waals surface area contributed by atoms with Crippen molar-refractivity contribution >= 4 is 52.2 Å². The Kier molecular flexibility index (Phi) is 7.22. The number of carbonyl (C=O) groups excluding carboxylic acids is 2. The minimum atomic E-state index is -0.399. The number of hydrogen-bond donors (Lipinski definition) is 2. The Morgan fingerprint density at radius 2 is 1.78 bits per heavy atom. The van der Waals surface area contributed by atoms with Crippen LogP contribution in [0.15, 0.2) is 48.5 Å². The summed E-state index contributed by atoms with van der Waals surface area (Å²) >= 11 is 12.5. The summed E-state index contributed by atoms with van der Waals surface area (Å²) in [4.78, 5) is 29.4. The maximum absolute atomic E-state index is 12.9. The van der Waals surface area contributed by atoms with Crippen molar-refractivity contribution in [3.8, 4) is 0 Å². The Morgan fingerprint density at radius 1 is 1.00 bits per heavy atom. The summed E-state index contributed by atoms with van der Waals surface area (Å²) in [6.07, 6.45) is 0. The molecule has 0 saturated carbocycles. The number of nitrogens with one attached hydrogen (secondary N) is 2. The lowest BCUT2D eigenvalue weighted by molar-refractivity contribution is 0.0303. The van der Waals surface area contributed by atoms with Gasteiger partial charge in [-0.05, 0) is 54.1 Å². The number of anilines is 3. The summed E-state index contributed by atoms with van der Waals surface area (Å²) < 4.78 is 5.30. The molecule has 0 spiro atoms. The van der Waals surface area contributed by atoms with Crippen molar-refractivity contribution in [3.63, 3.8) is 0 Å². The molecule has 1 aromatic heterocycles. The lowest BCUT2D eigenvalue weighted by Crippen LogP contribution is -2.40. The van der Waals surface area contributed by atoms with Crippen molar-refractivity contribution in [1.29, 1.82) is 0 Å². The van der Waals surface area contributed by atoms with Crippen molar-refractivity contribution in [2.24, 2.45) is 0 Å². The molecule has 5 rings (SSSR count). The Balaban J connectivity index is 1.29. The summed E-state index contributed by atoms with van der Waals surface area (Å²) in [5, 5.41) is 15.6. The number of amides is 2. The zero-order chi connectivity index (χ0) is 25.1. The fourth-order valence-corrected chi connectivity index (χ4v) is 4.54. The van der Waals surface area contributed by atoms with Crippen LogP contribution in [0.5, 0.6) is 0 Å². The lowest BCUT2D eigenvalue weighted by Gasteiger charge is -2.31. The molecule has 3 aromatic rings. The number of hydrogen-bond acceptors (Lipinski definition) is 7. The van der Waals surface area contributed by atoms with Crippen LogP contribution < -0.4 is 15.5 Å². The van der Waals surface area contributed by atoms with Crippen LogP contribution in [0.25, 0.3) is 0 Å². The van der Waals surface area contributed by atoms with Gasteiger partial charge in [0.1, 0.15) is 0 Å². The van der Waals surface area contributed by atoms with E-state index < -0.39 is 5.91 Å². The number of morpholine rings is 1. The number of nitrogens with zero attached hydrogens (tertiary/aromatic N) is 4. The second-order valence-corrected chi connectivity index (χ2v) is 9.33. The van der Waals surface area contributed by atoms with Gasteiger partial charge in [0.2, 0.25) is 0 Å². The van der Waals surface area contributed by atoms with E-state index in [1.807, 2.05) is 6.07 Å². The standard InChI is InChI=1S/C25H24Cl2N6O3/c26-18-3-6-20(27)17(13-18)15-33-8-7-28-23-22(33)14-21(30-31-23)24(34)29-19-4-1-16(2-5-19)25(35)32-9-11-36-12-10-32/h1-6,13-14H,7-12,15H2,(H,28,31)(H,29,34). The van der Waals surface area contributed by atoms with Gasteiger partial charge in [-0.15, -0.1) is 10.2 Å².